The van der Waals surface area contributed by atoms with Gasteiger partial charge >= 0.3 is 5.97 Å². The van der Waals surface area contributed by atoms with E-state index < -0.39 is 5.41 Å². The molecule has 2 aromatic rings. The van der Waals surface area contributed by atoms with Crippen LogP contribution in [0.3, 0.4) is 0 Å². The molecule has 2 rings (SSSR count). The summed E-state index contributed by atoms with van der Waals surface area (Å²) in [5, 5.41) is 0. The molecule has 2 heteroatoms. The summed E-state index contributed by atoms with van der Waals surface area (Å²) in [5.41, 5.74) is 0.0165. The van der Waals surface area contributed by atoms with Gasteiger partial charge in [-0.15, -0.1) is 6.58 Å². The van der Waals surface area contributed by atoms with Crippen molar-refractivity contribution in [2.45, 2.75) is 12.3 Å². The molecular formula is C17H16O2. The zero-order valence-corrected chi connectivity index (χ0v) is 10.9. The zero-order chi connectivity index (χ0) is 13.7. The Hall–Kier alpha value is -2.35. The fraction of sp³-hybridized carbons (Fsp3) is 0.118. The molecule has 0 radical (unpaired) electrons. The predicted molar refractivity (Wildman–Crippen MR) is 76.1 cm³/mol. The monoisotopic (exact) mass is 252 g/mol. The van der Waals surface area contributed by atoms with Crippen molar-refractivity contribution in [3.63, 3.8) is 0 Å². The zero-order valence-electron chi connectivity index (χ0n) is 10.9. The summed E-state index contributed by atoms with van der Waals surface area (Å²) < 4.78 is 5.41. The molecule has 0 bridgehead atoms. The first kappa shape index (κ1) is 13.1. The lowest BCUT2D eigenvalue weighted by atomic mass is 9.83. The Morgan fingerprint density at radius 2 is 1.58 bits per heavy atom. The van der Waals surface area contributed by atoms with E-state index in [-0.39, 0.29) is 5.97 Å². The van der Waals surface area contributed by atoms with Crippen LogP contribution in [0, 0.1) is 0 Å². The van der Waals surface area contributed by atoms with Gasteiger partial charge in [-0.25, -0.2) is 0 Å². The fourth-order valence-corrected chi connectivity index (χ4v) is 1.80. The molecule has 0 heterocycles. The molecule has 1 atom stereocenters. The van der Waals surface area contributed by atoms with Crippen LogP contribution in [0.15, 0.2) is 73.3 Å². The molecule has 19 heavy (non-hydrogen) atoms. The lowest BCUT2D eigenvalue weighted by Crippen LogP contribution is -2.34. The van der Waals surface area contributed by atoms with Gasteiger partial charge in [-0.2, -0.15) is 0 Å². The van der Waals surface area contributed by atoms with E-state index in [4.69, 9.17) is 4.74 Å². The van der Waals surface area contributed by atoms with Crippen molar-refractivity contribution >= 4 is 5.97 Å². The van der Waals surface area contributed by atoms with E-state index >= 15 is 0 Å². The van der Waals surface area contributed by atoms with Crippen LogP contribution in [-0.4, -0.2) is 5.97 Å². The van der Waals surface area contributed by atoms with Crippen LogP contribution in [0.4, 0.5) is 0 Å². The van der Waals surface area contributed by atoms with Crippen LogP contribution in [0.25, 0.3) is 0 Å². The Balaban J connectivity index is 2.27. The lowest BCUT2D eigenvalue weighted by molar-refractivity contribution is -0.138. The first-order valence-corrected chi connectivity index (χ1v) is 6.13. The molecule has 0 fully saturated rings. The van der Waals surface area contributed by atoms with Gasteiger partial charge in [-0.3, -0.25) is 4.79 Å². The molecule has 96 valence electrons. The molecule has 0 aliphatic heterocycles. The maximum absolute atomic E-state index is 12.4. The van der Waals surface area contributed by atoms with E-state index in [9.17, 15) is 4.79 Å². The van der Waals surface area contributed by atoms with Gasteiger partial charge in [0.25, 0.3) is 0 Å². The second-order valence-corrected chi connectivity index (χ2v) is 4.48. The van der Waals surface area contributed by atoms with Gasteiger partial charge in [0.2, 0.25) is 0 Å². The van der Waals surface area contributed by atoms with Gasteiger partial charge in [0.15, 0.2) is 0 Å². The molecule has 0 aromatic heterocycles. The third-order valence-electron chi connectivity index (χ3n) is 3.16. The molecule has 2 nitrogen and oxygen atoms in total. The van der Waals surface area contributed by atoms with Crippen molar-refractivity contribution in [1.82, 2.24) is 0 Å². The molecule has 0 aliphatic rings. The van der Waals surface area contributed by atoms with Gasteiger partial charge in [-0.1, -0.05) is 54.6 Å². The van der Waals surface area contributed by atoms with Gasteiger partial charge in [0.1, 0.15) is 11.2 Å². The highest BCUT2D eigenvalue weighted by atomic mass is 16.5. The van der Waals surface area contributed by atoms with Crippen molar-refractivity contribution in [2.75, 3.05) is 0 Å². The first-order valence-electron chi connectivity index (χ1n) is 6.13. The van der Waals surface area contributed by atoms with E-state index in [2.05, 4.69) is 6.58 Å². The SMILES string of the molecule is C=CC(C)(C(=O)Oc1ccccc1)c1ccccc1. The normalized spacial score (nSPS) is 13.3. The van der Waals surface area contributed by atoms with Crippen molar-refractivity contribution in [2.24, 2.45) is 0 Å². The van der Waals surface area contributed by atoms with Crippen molar-refractivity contribution in [1.29, 1.82) is 0 Å². The molecule has 0 saturated carbocycles. The summed E-state index contributed by atoms with van der Waals surface area (Å²) in [5.74, 6) is 0.205. The summed E-state index contributed by atoms with van der Waals surface area (Å²) in [6.45, 7) is 5.58. The highest BCUT2D eigenvalue weighted by Gasteiger charge is 2.33. The van der Waals surface area contributed by atoms with Crippen LogP contribution in [0.2, 0.25) is 0 Å². The minimum absolute atomic E-state index is 0.333. The van der Waals surface area contributed by atoms with E-state index in [1.54, 1.807) is 25.1 Å². The number of hydrogen-bond donors (Lipinski definition) is 0. The molecule has 0 aliphatic carbocycles. The van der Waals surface area contributed by atoms with Crippen LogP contribution in [0.1, 0.15) is 12.5 Å². The van der Waals surface area contributed by atoms with E-state index in [0.717, 1.165) is 5.56 Å². The highest BCUT2D eigenvalue weighted by Crippen LogP contribution is 2.27. The second kappa shape index (κ2) is 5.53. The van der Waals surface area contributed by atoms with Crippen LogP contribution >= 0.6 is 0 Å². The summed E-state index contributed by atoms with van der Waals surface area (Å²) in [6.07, 6.45) is 1.62. The number of carbonyl (C=O) groups excluding carboxylic acids is 1. The van der Waals surface area contributed by atoms with Gasteiger partial charge in [-0.05, 0) is 24.6 Å². The molecule has 0 saturated heterocycles. The molecule has 1 unspecified atom stereocenters. The number of para-hydroxylation sites is 1. The predicted octanol–water partition coefficient (Wildman–Crippen LogP) is 3.74. The minimum Gasteiger partial charge on any atom is -0.426 e. The van der Waals surface area contributed by atoms with Crippen LogP contribution in [0.5, 0.6) is 5.75 Å². The van der Waals surface area contributed by atoms with E-state index in [1.807, 2.05) is 48.5 Å². The number of rotatable bonds is 4. The summed E-state index contributed by atoms with van der Waals surface area (Å²) >= 11 is 0. The maximum Gasteiger partial charge on any atom is 0.325 e. The Labute approximate surface area is 113 Å². The second-order valence-electron chi connectivity index (χ2n) is 4.48. The van der Waals surface area contributed by atoms with Gasteiger partial charge in [0.05, 0.1) is 0 Å². The summed E-state index contributed by atoms with van der Waals surface area (Å²) in [6, 6.07) is 18.5. The van der Waals surface area contributed by atoms with E-state index in [1.165, 1.54) is 0 Å². The Bertz CT molecular complexity index is 560. The minimum atomic E-state index is -0.850. The Kier molecular flexibility index (Phi) is 3.81. The quantitative estimate of drug-likeness (QED) is 0.471. The fourth-order valence-electron chi connectivity index (χ4n) is 1.80. The smallest absolute Gasteiger partial charge is 0.325 e. The van der Waals surface area contributed by atoms with E-state index in [0.29, 0.717) is 5.75 Å². The number of hydrogen-bond acceptors (Lipinski definition) is 2. The van der Waals surface area contributed by atoms with Crippen molar-refractivity contribution in [3.05, 3.63) is 78.9 Å². The molecular weight excluding hydrogens is 236 g/mol. The standard InChI is InChI=1S/C17H16O2/c1-3-17(2,14-10-6-4-7-11-14)16(18)19-15-12-8-5-9-13-15/h3-13H,1H2,2H3. The Morgan fingerprint density at radius 3 is 2.11 bits per heavy atom. The van der Waals surface area contributed by atoms with Crippen LogP contribution in [-0.2, 0) is 10.2 Å². The van der Waals surface area contributed by atoms with Crippen molar-refractivity contribution in [3.8, 4) is 5.75 Å². The first-order chi connectivity index (χ1) is 9.16. The van der Waals surface area contributed by atoms with Crippen LogP contribution < -0.4 is 4.74 Å². The molecule has 2 aromatic carbocycles. The average molecular weight is 252 g/mol. The molecule has 0 N–H and O–H groups in total. The summed E-state index contributed by atoms with van der Waals surface area (Å²) in [4.78, 5) is 12.4. The van der Waals surface area contributed by atoms with Gasteiger partial charge < -0.3 is 4.74 Å². The third-order valence-corrected chi connectivity index (χ3v) is 3.16. The largest absolute Gasteiger partial charge is 0.426 e. The average Bonchev–Trinajstić information content (AvgIpc) is 2.48. The summed E-state index contributed by atoms with van der Waals surface area (Å²) in [7, 11) is 0. The number of carbonyl (C=O) groups is 1. The molecule has 0 spiro atoms. The van der Waals surface area contributed by atoms with Crippen molar-refractivity contribution < 1.29 is 9.53 Å². The lowest BCUT2D eigenvalue weighted by Gasteiger charge is -2.23. The number of ether oxygens (including phenoxy) is 1. The Morgan fingerprint density at radius 1 is 1.05 bits per heavy atom. The van der Waals surface area contributed by atoms with Gasteiger partial charge in [0, 0.05) is 0 Å². The maximum atomic E-state index is 12.4. The number of benzene rings is 2. The third kappa shape index (κ3) is 2.74. The molecule has 0 amide bonds. The highest BCUT2D eigenvalue weighted by molar-refractivity contribution is 5.86. The topological polar surface area (TPSA) is 26.3 Å². The number of esters is 1.